The molecule has 0 aromatic carbocycles. The molecule has 0 radical (unpaired) electrons. The second-order valence-corrected chi connectivity index (χ2v) is 2.03. The second-order valence-electron chi connectivity index (χ2n) is 2.03. The number of allylic oxidation sites excluding steroid dienone is 6. The number of hydrogen-bond acceptors (Lipinski definition) is 0. The summed E-state index contributed by atoms with van der Waals surface area (Å²) in [4.78, 5) is 0. The smallest absolute Gasteiger partial charge is 0.257 e. The fourth-order valence-electron chi connectivity index (χ4n) is 0.905. The van der Waals surface area contributed by atoms with Crippen LogP contribution in [0.15, 0.2) is 36.0 Å². The molecule has 0 aromatic heterocycles. The monoisotopic (exact) mass is 135 g/mol. The van der Waals surface area contributed by atoms with Gasteiger partial charge in [0.05, 0.1) is 5.57 Å². The fourth-order valence-corrected chi connectivity index (χ4v) is 0.905. The topological polar surface area (TPSA) is 11.3 Å². The molecule has 0 saturated carbocycles. The average Bonchev–Trinajstić information content (AvgIpc) is 2.04. The first-order valence-corrected chi connectivity index (χ1v) is 3.31. The third-order valence-corrected chi connectivity index (χ3v) is 1.45. The van der Waals surface area contributed by atoms with Crippen LogP contribution in [0.25, 0.3) is 0 Å². The molecule has 1 rings (SSSR count). The highest BCUT2D eigenvalue weighted by molar-refractivity contribution is 6.07. The molecule has 0 aliphatic heterocycles. The Labute approximate surface area is 61.1 Å². The lowest BCUT2D eigenvalue weighted by Crippen LogP contribution is -2.01. The minimum absolute atomic E-state index is 0.935. The normalized spacial score (nSPS) is 24.6. The van der Waals surface area contributed by atoms with Crippen molar-refractivity contribution in [2.24, 2.45) is 0 Å². The van der Waals surface area contributed by atoms with E-state index in [1.165, 1.54) is 0 Å². The first kappa shape index (κ1) is 7.00. The lowest BCUT2D eigenvalue weighted by atomic mass is 10.1. The summed E-state index contributed by atoms with van der Waals surface area (Å²) in [5.41, 5.74) is 1.14. The van der Waals surface area contributed by atoms with E-state index >= 15 is 0 Å². The predicted octanol–water partition coefficient (Wildman–Crippen LogP) is 1.79. The van der Waals surface area contributed by atoms with Gasteiger partial charge in [0.25, 0.3) is 7.11 Å². The van der Waals surface area contributed by atoms with Gasteiger partial charge in [0.1, 0.15) is 0 Å². The molecule has 1 aliphatic carbocycles. The van der Waals surface area contributed by atoms with Crippen LogP contribution in [0.3, 0.4) is 0 Å². The Bertz CT molecular complexity index is 203. The molecule has 0 atom stereocenters. The van der Waals surface area contributed by atoms with Crippen molar-refractivity contribution in [3.8, 4) is 0 Å². The molecule has 52 valence electrons. The Kier molecular flexibility index (Phi) is 2.21. The Balaban J connectivity index is 2.96. The quantitative estimate of drug-likeness (QED) is 0.354. The molecule has 0 saturated heterocycles. The third kappa shape index (κ3) is 1.24. The highest BCUT2D eigenvalue weighted by Crippen LogP contribution is 2.05. The van der Waals surface area contributed by atoms with Crippen LogP contribution in [0.5, 0.6) is 0 Å². The summed E-state index contributed by atoms with van der Waals surface area (Å²) in [7, 11) is 1.68. The number of rotatable bonds is 0. The molecule has 0 amide bonds. The van der Waals surface area contributed by atoms with Crippen molar-refractivity contribution in [3.05, 3.63) is 36.0 Å². The predicted molar refractivity (Wildman–Crippen MR) is 43.0 cm³/mol. The van der Waals surface area contributed by atoms with Crippen LogP contribution in [0.1, 0.15) is 6.92 Å². The van der Waals surface area contributed by atoms with Gasteiger partial charge in [0.2, 0.25) is 0 Å². The van der Waals surface area contributed by atoms with Crippen LogP contribution in [0.4, 0.5) is 0 Å². The van der Waals surface area contributed by atoms with Gasteiger partial charge in [-0.05, 0) is 13.0 Å². The minimum atomic E-state index is 0.935. The molecule has 0 heterocycles. The largest absolute Gasteiger partial charge is 0.349 e. The fraction of sp³-hybridized carbons (Fsp3) is 0.222. The molecule has 1 aliphatic rings. The molecule has 1 heteroatoms. The van der Waals surface area contributed by atoms with Gasteiger partial charge in [-0.25, -0.2) is 0 Å². The Hall–Kier alpha value is -1.11. The standard InChI is InChI=1S/C9H11O/c1-3-8-6-4-5-7-9(8)10-2/h3-7H,1-2H3/q+1/b8-3-. The lowest BCUT2D eigenvalue weighted by molar-refractivity contribution is -0.418. The van der Waals surface area contributed by atoms with Gasteiger partial charge in [-0.2, -0.15) is 0 Å². The van der Waals surface area contributed by atoms with Gasteiger partial charge in [0, 0.05) is 6.08 Å². The summed E-state index contributed by atoms with van der Waals surface area (Å²) in [6, 6.07) is 0. The van der Waals surface area contributed by atoms with Gasteiger partial charge >= 0.3 is 5.78 Å². The van der Waals surface area contributed by atoms with Crippen molar-refractivity contribution in [2.45, 2.75) is 6.92 Å². The van der Waals surface area contributed by atoms with Crippen molar-refractivity contribution < 1.29 is 4.42 Å². The van der Waals surface area contributed by atoms with Gasteiger partial charge in [0.15, 0.2) is 0 Å². The van der Waals surface area contributed by atoms with E-state index in [2.05, 4.69) is 0 Å². The van der Waals surface area contributed by atoms with Crippen LogP contribution in [0.2, 0.25) is 0 Å². The molecule has 0 unspecified atom stereocenters. The van der Waals surface area contributed by atoms with E-state index in [0.717, 1.165) is 11.4 Å². The number of carbonyl (C=O) groups excluding carboxylic acids is 1. The number of hydrogen-bond donors (Lipinski definition) is 0. The zero-order chi connectivity index (χ0) is 7.40. The molecule has 0 spiro atoms. The first-order valence-electron chi connectivity index (χ1n) is 3.31. The Morgan fingerprint density at radius 3 is 2.50 bits per heavy atom. The summed E-state index contributed by atoms with van der Waals surface area (Å²) >= 11 is 0. The van der Waals surface area contributed by atoms with E-state index in [1.54, 1.807) is 7.11 Å². The molecule has 0 bridgehead atoms. The summed E-state index contributed by atoms with van der Waals surface area (Å²) in [6.07, 6.45) is 9.97. The van der Waals surface area contributed by atoms with Gasteiger partial charge in [-0.1, -0.05) is 18.2 Å². The molecular weight excluding hydrogens is 124 g/mol. The molecule has 0 N–H and O–H groups in total. The molecule has 10 heavy (non-hydrogen) atoms. The maximum atomic E-state index is 5.10. The van der Waals surface area contributed by atoms with Crippen LogP contribution in [-0.2, 0) is 4.42 Å². The first-order chi connectivity index (χ1) is 4.88. The minimum Gasteiger partial charge on any atom is -0.257 e. The van der Waals surface area contributed by atoms with E-state index in [1.807, 2.05) is 37.3 Å². The van der Waals surface area contributed by atoms with E-state index in [-0.39, 0.29) is 0 Å². The van der Waals surface area contributed by atoms with Crippen molar-refractivity contribution in [1.29, 1.82) is 0 Å². The van der Waals surface area contributed by atoms with Crippen molar-refractivity contribution in [1.82, 2.24) is 0 Å². The summed E-state index contributed by atoms with van der Waals surface area (Å²) < 4.78 is 5.10. The maximum Gasteiger partial charge on any atom is 0.349 e. The zero-order valence-corrected chi connectivity index (χ0v) is 6.29. The Morgan fingerprint density at radius 2 is 2.00 bits per heavy atom. The average molecular weight is 135 g/mol. The number of ketones is 1. The summed E-state index contributed by atoms with van der Waals surface area (Å²) in [6.45, 7) is 2.00. The third-order valence-electron chi connectivity index (χ3n) is 1.45. The van der Waals surface area contributed by atoms with Crippen LogP contribution >= 0.6 is 0 Å². The molecule has 1 nitrogen and oxygen atoms in total. The molecular formula is C9H11O+. The van der Waals surface area contributed by atoms with E-state index in [9.17, 15) is 0 Å². The van der Waals surface area contributed by atoms with Crippen LogP contribution < -0.4 is 0 Å². The Morgan fingerprint density at radius 1 is 1.30 bits per heavy atom. The zero-order valence-electron chi connectivity index (χ0n) is 6.29. The van der Waals surface area contributed by atoms with Crippen molar-refractivity contribution >= 4 is 5.78 Å². The van der Waals surface area contributed by atoms with E-state index in [0.29, 0.717) is 0 Å². The van der Waals surface area contributed by atoms with Crippen LogP contribution in [-0.4, -0.2) is 12.9 Å². The highest BCUT2D eigenvalue weighted by Gasteiger charge is 2.11. The van der Waals surface area contributed by atoms with Crippen LogP contribution in [0, 0.1) is 0 Å². The van der Waals surface area contributed by atoms with E-state index < -0.39 is 0 Å². The SMILES string of the molecule is C/C=C1/C=CC=CC1=[O+]C. The van der Waals surface area contributed by atoms with Crippen molar-refractivity contribution in [3.63, 3.8) is 0 Å². The second kappa shape index (κ2) is 3.16. The van der Waals surface area contributed by atoms with Gasteiger partial charge in [-0.3, -0.25) is 4.42 Å². The van der Waals surface area contributed by atoms with E-state index in [4.69, 9.17) is 4.42 Å². The van der Waals surface area contributed by atoms with Gasteiger partial charge < -0.3 is 0 Å². The van der Waals surface area contributed by atoms with Gasteiger partial charge in [-0.15, -0.1) is 0 Å². The summed E-state index contributed by atoms with van der Waals surface area (Å²) in [5, 5.41) is 0. The highest BCUT2D eigenvalue weighted by atomic mass is 16.4. The van der Waals surface area contributed by atoms with Crippen molar-refractivity contribution in [2.75, 3.05) is 7.11 Å². The maximum absolute atomic E-state index is 5.10. The molecule has 0 aromatic rings. The lowest BCUT2D eigenvalue weighted by Gasteiger charge is -1.93. The summed E-state index contributed by atoms with van der Waals surface area (Å²) in [5.74, 6) is 0.935. The molecule has 0 fully saturated rings.